The number of ether oxygens (including phenoxy) is 2. The monoisotopic (exact) mass is 337 g/mol. The summed E-state index contributed by atoms with van der Waals surface area (Å²) in [6, 6.07) is 18.1. The van der Waals surface area contributed by atoms with Gasteiger partial charge in [-0.3, -0.25) is 4.79 Å². The second-order valence-corrected chi connectivity index (χ2v) is 6.69. The molecular weight excluding hydrogens is 314 g/mol. The minimum atomic E-state index is -0.0269. The van der Waals surface area contributed by atoms with Crippen LogP contribution < -0.4 is 0 Å². The first-order valence-corrected chi connectivity index (χ1v) is 8.94. The average molecular weight is 337 g/mol. The summed E-state index contributed by atoms with van der Waals surface area (Å²) in [6.07, 6.45) is 1.03. The van der Waals surface area contributed by atoms with Gasteiger partial charge in [0.1, 0.15) is 0 Å². The smallest absolute Gasteiger partial charge is 0.254 e. The summed E-state index contributed by atoms with van der Waals surface area (Å²) in [6.45, 7) is 3.32. The maximum atomic E-state index is 13.2. The number of carbonyl (C=O) groups is 1. The Labute approximate surface area is 148 Å². The Hall–Kier alpha value is -2.17. The number of hydrogen-bond donors (Lipinski definition) is 0. The first-order valence-electron chi connectivity index (χ1n) is 8.94. The average Bonchev–Trinajstić information content (AvgIpc) is 3.23. The Bertz CT molecular complexity index is 725. The summed E-state index contributed by atoms with van der Waals surface area (Å²) in [5.74, 6) is 0.486. The Balaban J connectivity index is 1.59. The normalized spacial score (nSPS) is 23.6. The molecule has 1 amide bonds. The fraction of sp³-hybridized carbons (Fsp3) is 0.381. The van der Waals surface area contributed by atoms with Gasteiger partial charge in [-0.05, 0) is 29.7 Å². The SMILES string of the molecule is O=C(c1cccc([C@H]2CCOC2)c1)N1CCOC[C@@H]1c1ccccc1. The third kappa shape index (κ3) is 3.46. The highest BCUT2D eigenvalue weighted by atomic mass is 16.5. The quantitative estimate of drug-likeness (QED) is 0.862. The Kier molecular flexibility index (Phi) is 4.81. The van der Waals surface area contributed by atoms with Gasteiger partial charge in [-0.1, -0.05) is 42.5 Å². The van der Waals surface area contributed by atoms with Gasteiger partial charge in [0.2, 0.25) is 0 Å². The van der Waals surface area contributed by atoms with Crippen LogP contribution >= 0.6 is 0 Å². The van der Waals surface area contributed by atoms with E-state index in [1.807, 2.05) is 41.3 Å². The minimum Gasteiger partial charge on any atom is -0.381 e. The lowest BCUT2D eigenvalue weighted by Crippen LogP contribution is -2.43. The maximum absolute atomic E-state index is 13.2. The number of morpholine rings is 1. The molecular formula is C21H23NO3. The second kappa shape index (κ2) is 7.38. The van der Waals surface area contributed by atoms with Gasteiger partial charge in [-0.2, -0.15) is 0 Å². The third-order valence-electron chi connectivity index (χ3n) is 5.11. The van der Waals surface area contributed by atoms with E-state index in [4.69, 9.17) is 9.47 Å². The van der Waals surface area contributed by atoms with Gasteiger partial charge in [0, 0.05) is 24.6 Å². The van der Waals surface area contributed by atoms with Gasteiger partial charge >= 0.3 is 0 Å². The molecule has 2 fully saturated rings. The van der Waals surface area contributed by atoms with Crippen molar-refractivity contribution in [3.05, 3.63) is 71.3 Å². The number of rotatable bonds is 3. The van der Waals surface area contributed by atoms with Crippen molar-refractivity contribution in [2.75, 3.05) is 33.0 Å². The number of nitrogens with zero attached hydrogens (tertiary/aromatic N) is 1. The highest BCUT2D eigenvalue weighted by Gasteiger charge is 2.29. The summed E-state index contributed by atoms with van der Waals surface area (Å²) in [5.41, 5.74) is 3.08. The predicted molar refractivity (Wildman–Crippen MR) is 95.7 cm³/mol. The lowest BCUT2D eigenvalue weighted by atomic mass is 9.96. The summed E-state index contributed by atoms with van der Waals surface area (Å²) in [4.78, 5) is 15.1. The molecule has 4 nitrogen and oxygen atoms in total. The van der Waals surface area contributed by atoms with Crippen LogP contribution in [0, 0.1) is 0 Å². The number of benzene rings is 2. The lowest BCUT2D eigenvalue weighted by Gasteiger charge is -2.36. The van der Waals surface area contributed by atoms with Crippen molar-refractivity contribution in [2.45, 2.75) is 18.4 Å². The van der Waals surface area contributed by atoms with E-state index in [1.54, 1.807) is 0 Å². The molecule has 0 aromatic heterocycles. The van der Waals surface area contributed by atoms with Crippen molar-refractivity contribution >= 4 is 5.91 Å². The number of amides is 1. The van der Waals surface area contributed by atoms with Crippen molar-refractivity contribution in [3.63, 3.8) is 0 Å². The zero-order valence-corrected chi connectivity index (χ0v) is 14.3. The largest absolute Gasteiger partial charge is 0.381 e. The molecule has 0 saturated carbocycles. The molecule has 4 rings (SSSR count). The molecule has 25 heavy (non-hydrogen) atoms. The summed E-state index contributed by atoms with van der Waals surface area (Å²) in [5, 5.41) is 0. The molecule has 4 heteroatoms. The second-order valence-electron chi connectivity index (χ2n) is 6.69. The Morgan fingerprint density at radius 2 is 1.72 bits per heavy atom. The van der Waals surface area contributed by atoms with Crippen LogP contribution in [0.1, 0.15) is 39.9 Å². The molecule has 0 spiro atoms. The lowest BCUT2D eigenvalue weighted by molar-refractivity contribution is -0.00270. The van der Waals surface area contributed by atoms with E-state index in [2.05, 4.69) is 18.2 Å². The van der Waals surface area contributed by atoms with Gasteiger partial charge in [0.05, 0.1) is 25.9 Å². The van der Waals surface area contributed by atoms with Crippen LogP contribution in [0.25, 0.3) is 0 Å². The number of hydrogen-bond acceptors (Lipinski definition) is 3. The van der Waals surface area contributed by atoms with Crippen molar-refractivity contribution in [1.82, 2.24) is 4.90 Å². The van der Waals surface area contributed by atoms with Gasteiger partial charge in [-0.25, -0.2) is 0 Å². The fourth-order valence-electron chi connectivity index (χ4n) is 3.69. The van der Waals surface area contributed by atoms with Crippen LogP contribution in [-0.4, -0.2) is 43.8 Å². The van der Waals surface area contributed by atoms with E-state index in [0.717, 1.165) is 30.8 Å². The van der Waals surface area contributed by atoms with Crippen molar-refractivity contribution in [1.29, 1.82) is 0 Å². The van der Waals surface area contributed by atoms with Gasteiger partial charge in [0.25, 0.3) is 5.91 Å². The summed E-state index contributed by atoms with van der Waals surface area (Å²) >= 11 is 0. The Morgan fingerprint density at radius 1 is 0.920 bits per heavy atom. The van der Waals surface area contributed by atoms with E-state index >= 15 is 0 Å². The van der Waals surface area contributed by atoms with Crippen molar-refractivity contribution in [3.8, 4) is 0 Å². The van der Waals surface area contributed by atoms with E-state index in [0.29, 0.717) is 25.7 Å². The molecule has 0 bridgehead atoms. The minimum absolute atomic E-state index is 0.0269. The fourth-order valence-corrected chi connectivity index (χ4v) is 3.69. The molecule has 2 heterocycles. The van der Waals surface area contributed by atoms with Crippen molar-refractivity contribution in [2.24, 2.45) is 0 Å². The molecule has 2 aliphatic heterocycles. The summed E-state index contributed by atoms with van der Waals surface area (Å²) in [7, 11) is 0. The zero-order chi connectivity index (χ0) is 17.1. The van der Waals surface area contributed by atoms with E-state index in [1.165, 1.54) is 5.56 Å². The highest BCUT2D eigenvalue weighted by molar-refractivity contribution is 5.94. The topological polar surface area (TPSA) is 38.8 Å². The maximum Gasteiger partial charge on any atom is 0.254 e. The van der Waals surface area contributed by atoms with Crippen LogP contribution in [0.3, 0.4) is 0 Å². The third-order valence-corrected chi connectivity index (χ3v) is 5.11. The predicted octanol–water partition coefficient (Wildman–Crippen LogP) is 3.40. The first kappa shape index (κ1) is 16.3. The molecule has 2 aliphatic rings. The first-order chi connectivity index (χ1) is 12.3. The molecule has 130 valence electrons. The van der Waals surface area contributed by atoms with Crippen molar-refractivity contribution < 1.29 is 14.3 Å². The van der Waals surface area contributed by atoms with Crippen LogP contribution in [0.5, 0.6) is 0 Å². The molecule has 0 aliphatic carbocycles. The highest BCUT2D eigenvalue weighted by Crippen LogP contribution is 2.29. The molecule has 2 saturated heterocycles. The van der Waals surface area contributed by atoms with Crippen LogP contribution in [-0.2, 0) is 9.47 Å². The van der Waals surface area contributed by atoms with Gasteiger partial charge < -0.3 is 14.4 Å². The molecule has 2 aromatic rings. The van der Waals surface area contributed by atoms with Gasteiger partial charge in [-0.15, -0.1) is 0 Å². The Morgan fingerprint density at radius 3 is 2.52 bits per heavy atom. The zero-order valence-electron chi connectivity index (χ0n) is 14.3. The molecule has 0 N–H and O–H groups in total. The van der Waals surface area contributed by atoms with Crippen LogP contribution in [0.15, 0.2) is 54.6 Å². The van der Waals surface area contributed by atoms with Gasteiger partial charge in [0.15, 0.2) is 0 Å². The standard InChI is InChI=1S/C21H23NO3/c23-21(18-8-4-7-17(13-18)19-9-11-24-14-19)22-10-12-25-15-20(22)16-5-2-1-3-6-16/h1-8,13,19-20H,9-12,14-15H2/t19-,20+/m0/s1. The molecule has 2 atom stereocenters. The molecule has 2 aromatic carbocycles. The molecule has 0 unspecified atom stereocenters. The van der Waals surface area contributed by atoms with E-state index in [9.17, 15) is 4.79 Å². The van der Waals surface area contributed by atoms with E-state index in [-0.39, 0.29) is 11.9 Å². The van der Waals surface area contributed by atoms with E-state index < -0.39 is 0 Å². The van der Waals surface area contributed by atoms with Crippen LogP contribution in [0.2, 0.25) is 0 Å². The summed E-state index contributed by atoms with van der Waals surface area (Å²) < 4.78 is 11.1. The molecule has 0 radical (unpaired) electrons. The van der Waals surface area contributed by atoms with Crippen LogP contribution in [0.4, 0.5) is 0 Å². The number of carbonyl (C=O) groups excluding carboxylic acids is 1.